The molecule has 0 unspecified atom stereocenters. The lowest BCUT2D eigenvalue weighted by molar-refractivity contribution is 0.209. The largest absolute Gasteiger partial charge is 0.465 e. The van der Waals surface area contributed by atoms with Gasteiger partial charge in [-0.15, -0.1) is 0 Å². The molecule has 0 aliphatic heterocycles. The van der Waals surface area contributed by atoms with Crippen LogP contribution in [0.4, 0.5) is 10.5 Å². The van der Waals surface area contributed by atoms with E-state index in [9.17, 15) is 4.79 Å². The van der Waals surface area contributed by atoms with Crippen LogP contribution in [-0.4, -0.2) is 11.2 Å². The fourth-order valence-electron chi connectivity index (χ4n) is 0.986. The number of benzene rings is 1. The maximum Gasteiger partial charge on any atom is 0.409 e. The molecule has 1 aromatic rings. The van der Waals surface area contributed by atoms with E-state index in [1.807, 2.05) is 32.0 Å². The number of hydrogen-bond donors (Lipinski definition) is 2. The lowest BCUT2D eigenvalue weighted by Gasteiger charge is -2.05. The van der Waals surface area contributed by atoms with Gasteiger partial charge < -0.3 is 5.11 Å². The molecule has 0 saturated carbocycles. The molecule has 0 aromatic heterocycles. The number of carbonyl (C=O) groups is 1. The molecule has 0 heterocycles. The monoisotopic (exact) mass is 165 g/mol. The van der Waals surface area contributed by atoms with Gasteiger partial charge in [-0.2, -0.15) is 0 Å². The quantitative estimate of drug-likeness (QED) is 0.671. The van der Waals surface area contributed by atoms with Crippen molar-refractivity contribution >= 4 is 11.8 Å². The van der Waals surface area contributed by atoms with Crippen molar-refractivity contribution in [2.24, 2.45) is 0 Å². The van der Waals surface area contributed by atoms with Gasteiger partial charge in [0.2, 0.25) is 0 Å². The molecule has 0 saturated heterocycles. The molecular formula is C9H11NO2. The summed E-state index contributed by atoms with van der Waals surface area (Å²) in [4.78, 5) is 10.3. The van der Waals surface area contributed by atoms with Crippen LogP contribution in [0.15, 0.2) is 18.2 Å². The molecule has 0 bridgehead atoms. The van der Waals surface area contributed by atoms with Gasteiger partial charge in [0.15, 0.2) is 0 Å². The highest BCUT2D eigenvalue weighted by Crippen LogP contribution is 2.15. The van der Waals surface area contributed by atoms with Gasteiger partial charge in [0.25, 0.3) is 0 Å². The van der Waals surface area contributed by atoms with Crippen LogP contribution in [0.5, 0.6) is 0 Å². The van der Waals surface area contributed by atoms with Gasteiger partial charge in [-0.1, -0.05) is 12.1 Å². The Morgan fingerprint density at radius 3 is 2.67 bits per heavy atom. The van der Waals surface area contributed by atoms with E-state index in [1.165, 1.54) is 0 Å². The van der Waals surface area contributed by atoms with Crippen LogP contribution in [0.25, 0.3) is 0 Å². The van der Waals surface area contributed by atoms with Crippen LogP contribution in [0.1, 0.15) is 11.1 Å². The summed E-state index contributed by atoms with van der Waals surface area (Å²) in [6.45, 7) is 3.79. The fraction of sp³-hybridized carbons (Fsp3) is 0.222. The summed E-state index contributed by atoms with van der Waals surface area (Å²) in [5.74, 6) is 0. The minimum Gasteiger partial charge on any atom is -0.465 e. The number of aryl methyl sites for hydroxylation is 2. The van der Waals surface area contributed by atoms with E-state index in [-0.39, 0.29) is 0 Å². The predicted molar refractivity (Wildman–Crippen MR) is 47.6 cm³/mol. The first kappa shape index (κ1) is 8.59. The van der Waals surface area contributed by atoms with E-state index in [1.54, 1.807) is 0 Å². The Bertz CT molecular complexity index is 307. The number of rotatable bonds is 1. The zero-order valence-corrected chi connectivity index (χ0v) is 7.09. The normalized spacial score (nSPS) is 9.50. The molecule has 0 atom stereocenters. The van der Waals surface area contributed by atoms with Gasteiger partial charge in [0.1, 0.15) is 0 Å². The van der Waals surface area contributed by atoms with E-state index in [2.05, 4.69) is 5.32 Å². The molecule has 0 radical (unpaired) electrons. The van der Waals surface area contributed by atoms with Gasteiger partial charge in [0.05, 0.1) is 0 Å². The van der Waals surface area contributed by atoms with Crippen molar-refractivity contribution in [3.8, 4) is 0 Å². The summed E-state index contributed by atoms with van der Waals surface area (Å²) in [6, 6.07) is 5.65. The average Bonchev–Trinajstić information content (AvgIpc) is 1.96. The molecule has 1 rings (SSSR count). The molecule has 0 spiro atoms. The van der Waals surface area contributed by atoms with E-state index in [0.29, 0.717) is 5.69 Å². The molecule has 0 fully saturated rings. The maximum atomic E-state index is 10.3. The molecule has 0 aliphatic rings. The lowest BCUT2D eigenvalue weighted by atomic mass is 10.1. The topological polar surface area (TPSA) is 49.3 Å². The highest BCUT2D eigenvalue weighted by atomic mass is 16.4. The third-order valence-electron chi connectivity index (χ3n) is 1.63. The third kappa shape index (κ3) is 1.99. The van der Waals surface area contributed by atoms with Gasteiger partial charge >= 0.3 is 6.09 Å². The number of nitrogens with one attached hydrogen (secondary N) is 1. The standard InChI is InChI=1S/C9H11NO2/c1-6-3-4-7(2)8(5-6)10-9(11)12/h3-5,10H,1-2H3,(H,11,12). The van der Waals surface area contributed by atoms with Crippen molar-refractivity contribution in [1.29, 1.82) is 0 Å². The molecule has 2 N–H and O–H groups in total. The Morgan fingerprint density at radius 1 is 1.42 bits per heavy atom. The SMILES string of the molecule is Cc1ccc(C)c(NC(=O)O)c1. The Labute approximate surface area is 71.0 Å². The zero-order chi connectivity index (χ0) is 9.14. The Balaban J connectivity index is 2.97. The number of anilines is 1. The number of carboxylic acid groups (broad SMARTS) is 1. The minimum atomic E-state index is -1.02. The first-order valence-corrected chi connectivity index (χ1v) is 3.67. The second-order valence-corrected chi connectivity index (χ2v) is 2.75. The first-order chi connectivity index (χ1) is 5.59. The molecule has 1 amide bonds. The summed E-state index contributed by atoms with van der Waals surface area (Å²) >= 11 is 0. The molecule has 0 aliphatic carbocycles. The first-order valence-electron chi connectivity index (χ1n) is 3.67. The Hall–Kier alpha value is -1.51. The molecular weight excluding hydrogens is 154 g/mol. The van der Waals surface area contributed by atoms with Crippen LogP contribution in [0.3, 0.4) is 0 Å². The van der Waals surface area contributed by atoms with Crippen LogP contribution < -0.4 is 5.32 Å². The van der Waals surface area contributed by atoms with Crippen molar-refractivity contribution < 1.29 is 9.90 Å². The van der Waals surface area contributed by atoms with Crippen molar-refractivity contribution in [2.45, 2.75) is 13.8 Å². The molecule has 3 heteroatoms. The fourth-order valence-corrected chi connectivity index (χ4v) is 0.986. The summed E-state index contributed by atoms with van der Waals surface area (Å²) < 4.78 is 0. The van der Waals surface area contributed by atoms with Gasteiger partial charge in [-0.05, 0) is 31.0 Å². The minimum absolute atomic E-state index is 0.655. The van der Waals surface area contributed by atoms with Crippen LogP contribution in [0, 0.1) is 13.8 Å². The Kier molecular flexibility index (Phi) is 2.33. The van der Waals surface area contributed by atoms with Crippen molar-refractivity contribution in [3.05, 3.63) is 29.3 Å². The Morgan fingerprint density at radius 2 is 2.08 bits per heavy atom. The lowest BCUT2D eigenvalue weighted by Crippen LogP contribution is -2.08. The third-order valence-corrected chi connectivity index (χ3v) is 1.63. The van der Waals surface area contributed by atoms with E-state index in [4.69, 9.17) is 5.11 Å². The summed E-state index contributed by atoms with van der Waals surface area (Å²) in [7, 11) is 0. The second kappa shape index (κ2) is 3.26. The van der Waals surface area contributed by atoms with Crippen LogP contribution >= 0.6 is 0 Å². The maximum absolute atomic E-state index is 10.3. The summed E-state index contributed by atoms with van der Waals surface area (Å²) in [6.07, 6.45) is -1.02. The summed E-state index contributed by atoms with van der Waals surface area (Å²) in [5.41, 5.74) is 2.63. The van der Waals surface area contributed by atoms with Gasteiger partial charge in [-0.25, -0.2) is 4.79 Å². The molecule has 12 heavy (non-hydrogen) atoms. The molecule has 64 valence electrons. The highest BCUT2D eigenvalue weighted by molar-refractivity contribution is 5.84. The van der Waals surface area contributed by atoms with Gasteiger partial charge in [0, 0.05) is 5.69 Å². The highest BCUT2D eigenvalue weighted by Gasteiger charge is 2.00. The van der Waals surface area contributed by atoms with Gasteiger partial charge in [-0.3, -0.25) is 5.32 Å². The van der Waals surface area contributed by atoms with Crippen molar-refractivity contribution in [2.75, 3.05) is 5.32 Å². The van der Waals surface area contributed by atoms with Crippen molar-refractivity contribution in [3.63, 3.8) is 0 Å². The average molecular weight is 165 g/mol. The van der Waals surface area contributed by atoms with E-state index in [0.717, 1.165) is 11.1 Å². The summed E-state index contributed by atoms with van der Waals surface area (Å²) in [5, 5.41) is 10.8. The number of amides is 1. The molecule has 1 aromatic carbocycles. The second-order valence-electron chi connectivity index (χ2n) is 2.75. The predicted octanol–water partition coefficient (Wildman–Crippen LogP) is 2.39. The zero-order valence-electron chi connectivity index (χ0n) is 7.09. The van der Waals surface area contributed by atoms with E-state index < -0.39 is 6.09 Å². The molecule has 3 nitrogen and oxygen atoms in total. The van der Waals surface area contributed by atoms with E-state index >= 15 is 0 Å². The van der Waals surface area contributed by atoms with Crippen LogP contribution in [0.2, 0.25) is 0 Å². The van der Waals surface area contributed by atoms with Crippen molar-refractivity contribution in [1.82, 2.24) is 0 Å². The smallest absolute Gasteiger partial charge is 0.409 e. The van der Waals surface area contributed by atoms with Crippen LogP contribution in [-0.2, 0) is 0 Å². The number of hydrogen-bond acceptors (Lipinski definition) is 1.